The maximum atomic E-state index is 2.45. The first-order valence-electron chi connectivity index (χ1n) is 13.7. The summed E-state index contributed by atoms with van der Waals surface area (Å²) in [6, 6.07) is 44.0. The molecule has 0 fully saturated rings. The number of anilines is 3. The Morgan fingerprint density at radius 2 is 1.23 bits per heavy atom. The average Bonchev–Trinajstić information content (AvgIpc) is 3.33. The van der Waals surface area contributed by atoms with Gasteiger partial charge in [-0.25, -0.2) is 0 Å². The molecule has 1 aliphatic rings. The molecule has 0 aliphatic heterocycles. The third kappa shape index (κ3) is 4.24. The first kappa shape index (κ1) is 23.3. The minimum absolute atomic E-state index is 1.05. The van der Waals surface area contributed by atoms with Crippen LogP contribution in [0.15, 0.2) is 140 Å². The van der Waals surface area contributed by atoms with E-state index in [0.29, 0.717) is 0 Å². The van der Waals surface area contributed by atoms with E-state index in [4.69, 9.17) is 0 Å². The Kier molecular flexibility index (Phi) is 5.86. The van der Waals surface area contributed by atoms with Crippen molar-refractivity contribution in [3.05, 3.63) is 145 Å². The van der Waals surface area contributed by atoms with Gasteiger partial charge >= 0.3 is 0 Å². The predicted molar refractivity (Wildman–Crippen MR) is 167 cm³/mol. The number of benzene rings is 5. The van der Waals surface area contributed by atoms with Crippen LogP contribution in [0.25, 0.3) is 38.6 Å². The third-order valence-electron chi connectivity index (χ3n) is 7.72. The second kappa shape index (κ2) is 9.81. The number of aromatic nitrogens is 1. The zero-order valence-electron chi connectivity index (χ0n) is 22.1. The van der Waals surface area contributed by atoms with E-state index < -0.39 is 0 Å². The van der Waals surface area contributed by atoms with Gasteiger partial charge in [-0.2, -0.15) is 0 Å². The number of aryl methyl sites for hydroxylation is 1. The molecule has 0 saturated heterocycles. The van der Waals surface area contributed by atoms with Gasteiger partial charge in [-0.1, -0.05) is 90.5 Å². The maximum Gasteiger partial charge on any atom is 0.0539 e. The van der Waals surface area contributed by atoms with Crippen LogP contribution in [0.1, 0.15) is 18.4 Å². The molecule has 0 unspecified atom stereocenters. The Labute approximate surface area is 229 Å². The number of hydrogen-bond donors (Lipinski definition) is 0. The molecule has 1 aromatic heterocycles. The fraction of sp³-hybridized carbons (Fsp3) is 0.0811. The summed E-state index contributed by atoms with van der Waals surface area (Å²) in [6.45, 7) is 2.13. The molecule has 1 heterocycles. The van der Waals surface area contributed by atoms with Gasteiger partial charge in [0.05, 0.1) is 11.0 Å². The van der Waals surface area contributed by atoms with Crippen molar-refractivity contribution in [3.63, 3.8) is 0 Å². The van der Waals surface area contributed by atoms with Crippen molar-refractivity contribution in [3.8, 4) is 11.1 Å². The fourth-order valence-corrected chi connectivity index (χ4v) is 5.76. The third-order valence-corrected chi connectivity index (χ3v) is 7.72. The van der Waals surface area contributed by atoms with E-state index in [-0.39, 0.29) is 0 Å². The number of hydrogen-bond acceptors (Lipinski definition) is 1. The van der Waals surface area contributed by atoms with Crippen LogP contribution in [-0.4, -0.2) is 4.57 Å². The standard InChI is InChI=1S/C37H30N2/c1-27-16-18-28(19-17-27)29-20-22-32(23-21-29)38(30-10-4-2-5-11-30)33-24-25-37-35(26-33)34-14-8-9-15-36(34)39(37)31-12-6-3-7-13-31/h2-6,8-12,14-26H,7,13H2,1H3. The first-order valence-corrected chi connectivity index (χ1v) is 13.7. The highest BCUT2D eigenvalue weighted by atomic mass is 15.1. The summed E-state index contributed by atoms with van der Waals surface area (Å²) in [4.78, 5) is 2.35. The number of allylic oxidation sites excluding steroid dienone is 4. The number of fused-ring (bicyclic) bond motifs is 3. The van der Waals surface area contributed by atoms with Crippen molar-refractivity contribution >= 4 is 44.6 Å². The second-order valence-corrected chi connectivity index (χ2v) is 10.3. The van der Waals surface area contributed by atoms with Crippen LogP contribution in [0.4, 0.5) is 17.1 Å². The molecule has 6 aromatic rings. The van der Waals surface area contributed by atoms with Crippen LogP contribution >= 0.6 is 0 Å². The quantitative estimate of drug-likeness (QED) is 0.228. The Bertz CT molecular complexity index is 1840. The smallest absolute Gasteiger partial charge is 0.0539 e. The Hall–Kier alpha value is -4.82. The lowest BCUT2D eigenvalue weighted by Gasteiger charge is -2.26. The minimum atomic E-state index is 1.05. The van der Waals surface area contributed by atoms with Crippen molar-refractivity contribution < 1.29 is 0 Å². The van der Waals surface area contributed by atoms with E-state index in [1.54, 1.807) is 0 Å². The zero-order chi connectivity index (χ0) is 26.2. The van der Waals surface area contributed by atoms with Crippen LogP contribution < -0.4 is 4.90 Å². The van der Waals surface area contributed by atoms with E-state index in [2.05, 4.69) is 156 Å². The van der Waals surface area contributed by atoms with Gasteiger partial charge in [0.1, 0.15) is 0 Å². The van der Waals surface area contributed by atoms with Crippen LogP contribution in [0, 0.1) is 6.92 Å². The molecular formula is C37H30N2. The number of nitrogens with zero attached hydrogens (tertiary/aromatic N) is 2. The van der Waals surface area contributed by atoms with E-state index >= 15 is 0 Å². The van der Waals surface area contributed by atoms with Gasteiger partial charge < -0.3 is 9.47 Å². The highest BCUT2D eigenvalue weighted by molar-refractivity contribution is 6.11. The topological polar surface area (TPSA) is 8.17 Å². The lowest BCUT2D eigenvalue weighted by atomic mass is 10.0. The predicted octanol–water partition coefficient (Wildman–Crippen LogP) is 10.4. The average molecular weight is 503 g/mol. The van der Waals surface area contributed by atoms with Crippen molar-refractivity contribution in [2.45, 2.75) is 19.8 Å². The molecule has 188 valence electrons. The van der Waals surface area contributed by atoms with Gasteiger partial charge in [-0.15, -0.1) is 0 Å². The second-order valence-electron chi connectivity index (χ2n) is 10.3. The van der Waals surface area contributed by atoms with E-state index in [0.717, 1.165) is 29.9 Å². The molecule has 0 radical (unpaired) electrons. The first-order chi connectivity index (χ1) is 19.3. The van der Waals surface area contributed by atoms with Crippen molar-refractivity contribution in [1.82, 2.24) is 4.57 Å². The summed E-state index contributed by atoms with van der Waals surface area (Å²) in [5.74, 6) is 0. The molecule has 1 aliphatic carbocycles. The van der Waals surface area contributed by atoms with E-state index in [1.807, 2.05) is 0 Å². The van der Waals surface area contributed by atoms with Crippen LogP contribution in [0.3, 0.4) is 0 Å². The monoisotopic (exact) mass is 502 g/mol. The van der Waals surface area contributed by atoms with Crippen molar-refractivity contribution in [1.29, 1.82) is 0 Å². The van der Waals surface area contributed by atoms with Crippen LogP contribution in [0.5, 0.6) is 0 Å². The zero-order valence-corrected chi connectivity index (χ0v) is 22.1. The summed E-state index contributed by atoms with van der Waals surface area (Å²) >= 11 is 0. The molecule has 2 nitrogen and oxygen atoms in total. The SMILES string of the molecule is Cc1ccc(-c2ccc(N(c3ccccc3)c3ccc4c(c3)c3ccccc3n4C3=CC=CCC3)cc2)cc1. The number of para-hydroxylation sites is 2. The van der Waals surface area contributed by atoms with Crippen molar-refractivity contribution in [2.24, 2.45) is 0 Å². The molecule has 2 heteroatoms. The van der Waals surface area contributed by atoms with Crippen molar-refractivity contribution in [2.75, 3.05) is 4.90 Å². The van der Waals surface area contributed by atoms with Gasteiger partial charge in [0.2, 0.25) is 0 Å². The lowest BCUT2D eigenvalue weighted by Crippen LogP contribution is -2.09. The number of rotatable bonds is 5. The minimum Gasteiger partial charge on any atom is -0.313 e. The molecule has 0 spiro atoms. The van der Waals surface area contributed by atoms with Gasteiger partial charge in [-0.3, -0.25) is 0 Å². The molecular weight excluding hydrogens is 472 g/mol. The Morgan fingerprint density at radius 3 is 1.97 bits per heavy atom. The van der Waals surface area contributed by atoms with Gasteiger partial charge in [0.25, 0.3) is 0 Å². The summed E-state index contributed by atoms with van der Waals surface area (Å²) < 4.78 is 2.45. The molecule has 0 N–H and O–H groups in total. The van der Waals surface area contributed by atoms with E-state index in [1.165, 1.54) is 44.2 Å². The molecule has 39 heavy (non-hydrogen) atoms. The lowest BCUT2D eigenvalue weighted by molar-refractivity contribution is 0.979. The fourth-order valence-electron chi connectivity index (χ4n) is 5.76. The largest absolute Gasteiger partial charge is 0.313 e. The summed E-state index contributed by atoms with van der Waals surface area (Å²) in [7, 11) is 0. The molecule has 0 amide bonds. The maximum absolute atomic E-state index is 2.45. The molecule has 7 rings (SSSR count). The van der Waals surface area contributed by atoms with Crippen LogP contribution in [-0.2, 0) is 0 Å². The van der Waals surface area contributed by atoms with Gasteiger partial charge in [0.15, 0.2) is 0 Å². The molecule has 0 bridgehead atoms. The highest BCUT2D eigenvalue weighted by Crippen LogP contribution is 2.40. The van der Waals surface area contributed by atoms with Crippen LogP contribution in [0.2, 0.25) is 0 Å². The Morgan fingerprint density at radius 1 is 0.590 bits per heavy atom. The molecule has 0 saturated carbocycles. The molecule has 0 atom stereocenters. The molecule has 5 aromatic carbocycles. The van der Waals surface area contributed by atoms with Gasteiger partial charge in [0, 0.05) is 33.5 Å². The van der Waals surface area contributed by atoms with Gasteiger partial charge in [-0.05, 0) is 85.5 Å². The normalized spacial score (nSPS) is 13.1. The van der Waals surface area contributed by atoms with E-state index in [9.17, 15) is 0 Å². The summed E-state index contributed by atoms with van der Waals surface area (Å²) in [5.41, 5.74) is 11.0. The summed E-state index contributed by atoms with van der Waals surface area (Å²) in [6.07, 6.45) is 8.82. The summed E-state index contributed by atoms with van der Waals surface area (Å²) in [5, 5.41) is 2.56. The highest BCUT2D eigenvalue weighted by Gasteiger charge is 2.18. The Balaban J connectivity index is 1.38.